The minimum absolute atomic E-state index is 0.00634. The van der Waals surface area contributed by atoms with Gasteiger partial charge >= 0.3 is 0 Å². The van der Waals surface area contributed by atoms with Gasteiger partial charge in [-0.2, -0.15) is 9.40 Å². The van der Waals surface area contributed by atoms with Crippen molar-refractivity contribution in [1.82, 2.24) is 29.2 Å². The number of hydrogen-bond donors (Lipinski definition) is 1. The second-order valence-electron chi connectivity index (χ2n) is 12.6. The van der Waals surface area contributed by atoms with Crippen LogP contribution in [0.3, 0.4) is 0 Å². The molecule has 3 heterocycles. The monoisotopic (exact) mass is 674 g/mol. The minimum Gasteiger partial charge on any atom is -0.486 e. The normalized spacial score (nSPS) is 20.1. The Morgan fingerprint density at radius 3 is 2.57 bits per heavy atom. The molecule has 0 fully saturated rings. The maximum Gasteiger partial charge on any atom is 0.275 e. The number of nitrogens with zero attached hydrogens (tertiary/aromatic N) is 5. The molecule has 5 rings (SSSR count). The van der Waals surface area contributed by atoms with E-state index < -0.39 is 15.9 Å². The highest BCUT2D eigenvalue weighted by atomic mass is 32.2. The molecule has 1 aromatic heterocycles. The van der Waals surface area contributed by atoms with Crippen molar-refractivity contribution in [3.63, 3.8) is 0 Å². The maximum absolute atomic E-state index is 14.0. The molecule has 2 aromatic rings. The van der Waals surface area contributed by atoms with Gasteiger partial charge < -0.3 is 29.3 Å². The Labute approximate surface area is 276 Å². The van der Waals surface area contributed by atoms with Crippen LogP contribution in [0.1, 0.15) is 54.9 Å². The predicted molar refractivity (Wildman–Crippen MR) is 172 cm³/mol. The summed E-state index contributed by atoms with van der Waals surface area (Å²) in [7, 11) is -0.762. The van der Waals surface area contributed by atoms with E-state index in [0.717, 1.165) is 17.7 Å². The molecule has 2 bridgehead atoms. The number of nitrogens with one attached hydrogen (secondary N) is 1. The molecular weight excluding hydrogens is 628 g/mol. The molecule has 47 heavy (non-hydrogen) atoms. The average molecular weight is 675 g/mol. The number of benzene rings is 1. The quantitative estimate of drug-likeness (QED) is 0.436. The summed E-state index contributed by atoms with van der Waals surface area (Å²) in [6, 6.07) is 4.27. The summed E-state index contributed by atoms with van der Waals surface area (Å²) in [6.07, 6.45) is 2.51. The lowest BCUT2D eigenvalue weighted by molar-refractivity contribution is -0.134. The van der Waals surface area contributed by atoms with E-state index in [1.54, 1.807) is 10.7 Å². The van der Waals surface area contributed by atoms with E-state index in [1.807, 2.05) is 11.9 Å². The van der Waals surface area contributed by atoms with Gasteiger partial charge in [0, 0.05) is 76.7 Å². The fourth-order valence-corrected chi connectivity index (χ4v) is 7.78. The van der Waals surface area contributed by atoms with Crippen molar-refractivity contribution in [3.8, 4) is 11.5 Å². The molecule has 1 unspecified atom stereocenters. The van der Waals surface area contributed by atoms with Crippen LogP contribution in [0.2, 0.25) is 0 Å². The van der Waals surface area contributed by atoms with Crippen LogP contribution in [-0.2, 0) is 44.2 Å². The minimum atomic E-state index is -4.09. The molecule has 258 valence electrons. The van der Waals surface area contributed by atoms with Gasteiger partial charge in [-0.25, -0.2) is 8.42 Å². The first-order valence-electron chi connectivity index (χ1n) is 16.3. The fraction of sp³-hybridized carbons (Fsp3) is 0.625. The van der Waals surface area contributed by atoms with Crippen LogP contribution in [0, 0.1) is 5.92 Å². The van der Waals surface area contributed by atoms with Gasteiger partial charge in [0.15, 0.2) is 17.2 Å². The molecule has 2 aliphatic heterocycles. The number of hydrogen-bond acceptors (Lipinski definition) is 9. The molecule has 1 N–H and O–H groups in total. The molecule has 0 radical (unpaired) electrons. The Hall–Kier alpha value is -3.69. The number of ether oxygens (including phenoxy) is 3. The predicted octanol–water partition coefficient (Wildman–Crippen LogP) is 1.22. The lowest BCUT2D eigenvalue weighted by atomic mass is 9.89. The number of carbonyl (C=O) groups is 3. The highest BCUT2D eigenvalue weighted by Gasteiger charge is 2.36. The molecule has 15 heteroatoms. The van der Waals surface area contributed by atoms with Crippen LogP contribution in [0.15, 0.2) is 23.1 Å². The van der Waals surface area contributed by atoms with Crippen LogP contribution in [-0.4, -0.2) is 122 Å². The van der Waals surface area contributed by atoms with E-state index in [9.17, 15) is 22.8 Å². The summed E-state index contributed by atoms with van der Waals surface area (Å²) in [4.78, 5) is 44.3. The molecule has 0 spiro atoms. The number of carbonyl (C=O) groups excluding carboxylic acids is 3. The Bertz CT molecular complexity index is 1580. The van der Waals surface area contributed by atoms with Crippen LogP contribution >= 0.6 is 0 Å². The Balaban J connectivity index is 1.48. The summed E-state index contributed by atoms with van der Waals surface area (Å²) < 4.78 is 47.4. The standard InChI is InChI=1S/C32H46N6O8S/c1-22(2)9-13-38-23-5-7-26-25(19-23)31(34-35(26)3)32(41)36(15-16-44-4)21-29(39)33-11-14-37(12-10-30(38)40)47(42,43)24-6-8-27-28(20-24)46-18-17-45-27/h6,8,20,22-23H,5,7,9-19,21H2,1-4H3,(H,33,39). The van der Waals surface area contributed by atoms with Gasteiger partial charge in [-0.3, -0.25) is 19.1 Å². The topological polar surface area (TPSA) is 153 Å². The molecule has 1 aliphatic carbocycles. The molecule has 0 saturated carbocycles. The summed E-state index contributed by atoms with van der Waals surface area (Å²) in [6.45, 7) is 5.36. The number of amides is 3. The van der Waals surface area contributed by atoms with Crippen molar-refractivity contribution < 1.29 is 37.0 Å². The van der Waals surface area contributed by atoms with Crippen molar-refractivity contribution in [3.05, 3.63) is 35.2 Å². The third kappa shape index (κ3) is 7.90. The second kappa shape index (κ2) is 15.0. The number of sulfonamides is 1. The Kier molecular flexibility index (Phi) is 11.1. The maximum atomic E-state index is 14.0. The van der Waals surface area contributed by atoms with E-state index >= 15 is 0 Å². The van der Waals surface area contributed by atoms with E-state index in [0.29, 0.717) is 56.4 Å². The van der Waals surface area contributed by atoms with Crippen LogP contribution < -0.4 is 14.8 Å². The number of rotatable bonds is 8. The van der Waals surface area contributed by atoms with Gasteiger partial charge in [-0.05, 0) is 43.7 Å². The highest BCUT2D eigenvalue weighted by molar-refractivity contribution is 7.89. The molecule has 1 aromatic carbocycles. The van der Waals surface area contributed by atoms with Gasteiger partial charge in [-0.15, -0.1) is 0 Å². The third-order valence-corrected chi connectivity index (χ3v) is 10.8. The van der Waals surface area contributed by atoms with Gasteiger partial charge in [0.25, 0.3) is 5.91 Å². The van der Waals surface area contributed by atoms with Crippen molar-refractivity contribution in [2.75, 3.05) is 66.2 Å². The van der Waals surface area contributed by atoms with Crippen molar-refractivity contribution >= 4 is 27.7 Å². The first-order valence-corrected chi connectivity index (χ1v) is 17.7. The lowest BCUT2D eigenvalue weighted by Gasteiger charge is -2.36. The lowest BCUT2D eigenvalue weighted by Crippen LogP contribution is -2.48. The summed E-state index contributed by atoms with van der Waals surface area (Å²) in [5.74, 6) is 0.162. The van der Waals surface area contributed by atoms with Crippen molar-refractivity contribution in [2.45, 2.75) is 56.9 Å². The van der Waals surface area contributed by atoms with E-state index in [4.69, 9.17) is 14.2 Å². The summed E-state index contributed by atoms with van der Waals surface area (Å²) in [5.41, 5.74) is 2.01. The highest BCUT2D eigenvalue weighted by Crippen LogP contribution is 2.33. The summed E-state index contributed by atoms with van der Waals surface area (Å²) in [5, 5.41) is 7.35. The van der Waals surface area contributed by atoms with Crippen LogP contribution in [0.5, 0.6) is 11.5 Å². The SMILES string of the molecule is COCCN1CC(=O)NCCN(S(=O)(=O)c2ccc3c(c2)OCCO3)CCC(=O)N(CCC(C)C)C2CCc3c(c(nn3C)C1=O)C2. The Morgan fingerprint density at radius 2 is 1.83 bits per heavy atom. The molecular formula is C32H46N6O8S. The molecule has 14 nitrogen and oxygen atoms in total. The fourth-order valence-electron chi connectivity index (χ4n) is 6.32. The van der Waals surface area contributed by atoms with Gasteiger partial charge in [0.2, 0.25) is 21.8 Å². The largest absolute Gasteiger partial charge is 0.486 e. The first kappa shape index (κ1) is 34.6. The zero-order valence-electron chi connectivity index (χ0n) is 27.7. The molecule has 3 amide bonds. The number of aromatic nitrogens is 2. The van der Waals surface area contributed by atoms with Gasteiger partial charge in [0.1, 0.15) is 13.2 Å². The first-order chi connectivity index (χ1) is 22.5. The smallest absolute Gasteiger partial charge is 0.275 e. The zero-order valence-corrected chi connectivity index (χ0v) is 28.5. The third-order valence-electron chi connectivity index (χ3n) is 8.94. The van der Waals surface area contributed by atoms with Crippen molar-refractivity contribution in [2.24, 2.45) is 13.0 Å². The van der Waals surface area contributed by atoms with Crippen LogP contribution in [0.4, 0.5) is 0 Å². The van der Waals surface area contributed by atoms with E-state index in [2.05, 4.69) is 24.3 Å². The summed E-state index contributed by atoms with van der Waals surface area (Å²) >= 11 is 0. The van der Waals surface area contributed by atoms with Gasteiger partial charge in [0.05, 0.1) is 18.0 Å². The zero-order chi connectivity index (χ0) is 33.7. The number of methoxy groups -OCH3 is 1. The van der Waals surface area contributed by atoms with Crippen molar-refractivity contribution in [1.29, 1.82) is 0 Å². The number of fused-ring (bicyclic) bond motifs is 2. The van der Waals surface area contributed by atoms with E-state index in [-0.39, 0.29) is 74.2 Å². The molecule has 3 aliphatic rings. The average Bonchev–Trinajstić information content (AvgIpc) is 3.38. The van der Waals surface area contributed by atoms with Gasteiger partial charge in [-0.1, -0.05) is 13.8 Å². The van der Waals surface area contributed by atoms with E-state index in [1.165, 1.54) is 28.4 Å². The molecule has 0 saturated heterocycles. The molecule has 1 atom stereocenters. The Morgan fingerprint density at radius 1 is 1.06 bits per heavy atom. The second-order valence-corrected chi connectivity index (χ2v) is 14.5. The van der Waals surface area contributed by atoms with Crippen LogP contribution in [0.25, 0.3) is 0 Å². The number of aryl methyl sites for hydroxylation is 1.